The second kappa shape index (κ2) is 7.66. The topological polar surface area (TPSA) is 85.5 Å². The number of esters is 1. The van der Waals surface area contributed by atoms with Crippen LogP contribution in [-0.4, -0.2) is 40.1 Å². The van der Waals surface area contributed by atoms with Gasteiger partial charge >= 0.3 is 5.97 Å². The molecule has 1 aliphatic rings. The van der Waals surface area contributed by atoms with Crippen molar-refractivity contribution in [3.8, 4) is 0 Å². The quantitative estimate of drug-likeness (QED) is 0.595. The molecule has 0 aliphatic heterocycles. The zero-order chi connectivity index (χ0) is 20.5. The van der Waals surface area contributed by atoms with E-state index in [0.717, 1.165) is 24.1 Å². The van der Waals surface area contributed by atoms with Crippen LogP contribution >= 0.6 is 0 Å². The molecule has 29 heavy (non-hydrogen) atoms. The Kier molecular flexibility index (Phi) is 5.05. The molecule has 0 spiro atoms. The van der Waals surface area contributed by atoms with Gasteiger partial charge in [-0.3, -0.25) is 4.79 Å². The minimum atomic E-state index is -0.913. The second-order valence-electron chi connectivity index (χ2n) is 7.54. The van der Waals surface area contributed by atoms with E-state index in [2.05, 4.69) is 10.1 Å². The summed E-state index contributed by atoms with van der Waals surface area (Å²) in [6, 6.07) is 11.4. The Hall–Kier alpha value is -3.22. The Balaban J connectivity index is 1.51. The first kappa shape index (κ1) is 19.1. The summed E-state index contributed by atoms with van der Waals surface area (Å²) >= 11 is 0. The van der Waals surface area contributed by atoms with Crippen molar-refractivity contribution in [2.45, 2.75) is 45.3 Å². The number of likely N-dealkylation sites (N-methyl/N-ethyl adjacent to an activating group) is 1. The van der Waals surface area contributed by atoms with Gasteiger partial charge in [-0.05, 0) is 38.3 Å². The molecule has 1 aliphatic carbocycles. The van der Waals surface area contributed by atoms with E-state index in [9.17, 15) is 9.59 Å². The van der Waals surface area contributed by atoms with Crippen LogP contribution in [0.1, 0.15) is 53.0 Å². The number of nitrogens with zero attached hydrogens (tertiary/aromatic N) is 3. The molecule has 1 fully saturated rings. The number of aromatic nitrogens is 2. The van der Waals surface area contributed by atoms with E-state index in [1.54, 1.807) is 31.9 Å². The lowest BCUT2D eigenvalue weighted by molar-refractivity contribution is -0.139. The molecule has 0 N–H and O–H groups in total. The standard InChI is InChI=1S/C22H23N3O4/c1-13-19-17(11-18(16-9-10-16)23-20(19)29-24-13)22(27)28-14(2)21(26)25(3)12-15-7-5-4-6-8-15/h4-8,11,14,16H,9-10,12H2,1-3H3. The van der Waals surface area contributed by atoms with Crippen LogP contribution < -0.4 is 0 Å². The summed E-state index contributed by atoms with van der Waals surface area (Å²) < 4.78 is 10.8. The molecule has 1 aromatic carbocycles. The molecule has 7 heteroatoms. The lowest BCUT2D eigenvalue weighted by atomic mass is 10.1. The monoisotopic (exact) mass is 393 g/mol. The first-order chi connectivity index (χ1) is 13.9. The number of aryl methyl sites for hydroxylation is 1. The predicted molar refractivity (Wildman–Crippen MR) is 106 cm³/mol. The molecule has 7 nitrogen and oxygen atoms in total. The molecule has 0 saturated heterocycles. The maximum absolute atomic E-state index is 12.9. The van der Waals surface area contributed by atoms with E-state index in [4.69, 9.17) is 9.26 Å². The molecular formula is C22H23N3O4. The van der Waals surface area contributed by atoms with Crippen molar-refractivity contribution >= 4 is 23.0 Å². The molecule has 4 rings (SSSR count). The molecule has 1 amide bonds. The van der Waals surface area contributed by atoms with Gasteiger partial charge in [0.05, 0.1) is 16.6 Å². The van der Waals surface area contributed by atoms with Gasteiger partial charge in [-0.15, -0.1) is 0 Å². The number of hydrogen-bond donors (Lipinski definition) is 0. The van der Waals surface area contributed by atoms with E-state index in [-0.39, 0.29) is 5.91 Å². The molecule has 1 atom stereocenters. The van der Waals surface area contributed by atoms with Crippen LogP contribution in [0.5, 0.6) is 0 Å². The highest BCUT2D eigenvalue weighted by Crippen LogP contribution is 2.40. The summed E-state index contributed by atoms with van der Waals surface area (Å²) in [5.74, 6) is -0.496. The van der Waals surface area contributed by atoms with Crippen molar-refractivity contribution in [3.05, 3.63) is 58.9 Å². The Morgan fingerprint density at radius 3 is 2.69 bits per heavy atom. The van der Waals surface area contributed by atoms with Crippen LogP contribution in [-0.2, 0) is 16.1 Å². The summed E-state index contributed by atoms with van der Waals surface area (Å²) in [5.41, 5.74) is 3.06. The van der Waals surface area contributed by atoms with Crippen molar-refractivity contribution in [3.63, 3.8) is 0 Å². The fraction of sp³-hybridized carbons (Fsp3) is 0.364. The van der Waals surface area contributed by atoms with Gasteiger partial charge in [-0.25, -0.2) is 9.78 Å². The lowest BCUT2D eigenvalue weighted by Gasteiger charge is -2.21. The largest absolute Gasteiger partial charge is 0.449 e. The minimum absolute atomic E-state index is 0.267. The van der Waals surface area contributed by atoms with Gasteiger partial charge in [-0.2, -0.15) is 0 Å². The molecule has 1 saturated carbocycles. The van der Waals surface area contributed by atoms with Crippen molar-refractivity contribution < 1.29 is 18.8 Å². The number of carbonyl (C=O) groups is 2. The number of hydrogen-bond acceptors (Lipinski definition) is 6. The van der Waals surface area contributed by atoms with Crippen LogP contribution in [0.2, 0.25) is 0 Å². The third-order valence-corrected chi connectivity index (χ3v) is 5.12. The van der Waals surface area contributed by atoms with Crippen LogP contribution in [0.3, 0.4) is 0 Å². The molecule has 2 heterocycles. The zero-order valence-electron chi connectivity index (χ0n) is 16.7. The normalized spacial score (nSPS) is 14.6. The molecule has 3 aromatic rings. The fourth-order valence-corrected chi connectivity index (χ4v) is 3.38. The van der Waals surface area contributed by atoms with Gasteiger partial charge in [-0.1, -0.05) is 35.5 Å². The number of rotatable bonds is 6. The number of carbonyl (C=O) groups excluding carboxylic acids is 2. The van der Waals surface area contributed by atoms with Crippen molar-refractivity contribution in [1.29, 1.82) is 0 Å². The average molecular weight is 393 g/mol. The maximum Gasteiger partial charge on any atom is 0.339 e. The zero-order valence-corrected chi connectivity index (χ0v) is 16.7. The third kappa shape index (κ3) is 3.99. The molecular weight excluding hydrogens is 370 g/mol. The summed E-state index contributed by atoms with van der Waals surface area (Å²) in [7, 11) is 1.69. The van der Waals surface area contributed by atoms with Gasteiger partial charge < -0.3 is 14.2 Å². The highest BCUT2D eigenvalue weighted by molar-refractivity contribution is 6.04. The molecule has 150 valence electrons. The lowest BCUT2D eigenvalue weighted by Crippen LogP contribution is -2.37. The minimum Gasteiger partial charge on any atom is -0.449 e. The van der Waals surface area contributed by atoms with E-state index in [0.29, 0.717) is 34.8 Å². The van der Waals surface area contributed by atoms with E-state index in [1.807, 2.05) is 30.3 Å². The van der Waals surface area contributed by atoms with Crippen LogP contribution in [0.15, 0.2) is 40.9 Å². The van der Waals surface area contributed by atoms with Crippen molar-refractivity contribution in [1.82, 2.24) is 15.0 Å². The van der Waals surface area contributed by atoms with Crippen LogP contribution in [0.25, 0.3) is 11.1 Å². The molecule has 1 unspecified atom stereocenters. The van der Waals surface area contributed by atoms with Crippen LogP contribution in [0, 0.1) is 6.92 Å². The van der Waals surface area contributed by atoms with E-state index < -0.39 is 12.1 Å². The molecule has 0 radical (unpaired) electrons. The Morgan fingerprint density at radius 1 is 1.28 bits per heavy atom. The highest BCUT2D eigenvalue weighted by Gasteiger charge is 2.30. The maximum atomic E-state index is 12.9. The third-order valence-electron chi connectivity index (χ3n) is 5.12. The predicted octanol–water partition coefficient (Wildman–Crippen LogP) is 3.61. The number of benzene rings is 1. The van der Waals surface area contributed by atoms with Crippen molar-refractivity contribution in [2.24, 2.45) is 0 Å². The van der Waals surface area contributed by atoms with Gasteiger partial charge in [0.2, 0.25) is 0 Å². The van der Waals surface area contributed by atoms with Gasteiger partial charge in [0.1, 0.15) is 0 Å². The van der Waals surface area contributed by atoms with E-state index >= 15 is 0 Å². The summed E-state index contributed by atoms with van der Waals surface area (Å²) in [6.45, 7) is 3.78. The van der Waals surface area contributed by atoms with E-state index in [1.165, 1.54) is 0 Å². The van der Waals surface area contributed by atoms with Crippen molar-refractivity contribution in [2.75, 3.05) is 7.05 Å². The second-order valence-corrected chi connectivity index (χ2v) is 7.54. The number of fused-ring (bicyclic) bond motifs is 1. The molecule has 0 bridgehead atoms. The smallest absolute Gasteiger partial charge is 0.339 e. The summed E-state index contributed by atoms with van der Waals surface area (Å²) in [5, 5.41) is 4.47. The first-order valence-electron chi connectivity index (χ1n) is 9.71. The average Bonchev–Trinajstić information content (AvgIpc) is 3.50. The first-order valence-corrected chi connectivity index (χ1v) is 9.71. The number of pyridine rings is 1. The van der Waals surface area contributed by atoms with Gasteiger partial charge in [0.15, 0.2) is 6.10 Å². The number of ether oxygens (including phenoxy) is 1. The Morgan fingerprint density at radius 2 is 2.00 bits per heavy atom. The summed E-state index contributed by atoms with van der Waals surface area (Å²) in [4.78, 5) is 31.6. The summed E-state index contributed by atoms with van der Waals surface area (Å²) in [6.07, 6.45) is 1.17. The fourth-order valence-electron chi connectivity index (χ4n) is 3.38. The Bertz CT molecular complexity index is 1060. The SMILES string of the molecule is Cc1noc2nc(C3CC3)cc(C(=O)OC(C)C(=O)N(C)Cc3ccccc3)c12. The number of amides is 1. The van der Waals surface area contributed by atoms with Gasteiger partial charge in [0, 0.05) is 25.2 Å². The van der Waals surface area contributed by atoms with Crippen LogP contribution in [0.4, 0.5) is 0 Å². The molecule has 2 aromatic heterocycles. The highest BCUT2D eigenvalue weighted by atomic mass is 16.5. The van der Waals surface area contributed by atoms with Gasteiger partial charge in [0.25, 0.3) is 11.6 Å². The Labute approximate surface area is 168 Å².